The number of rotatable bonds is 7. The lowest BCUT2D eigenvalue weighted by Crippen LogP contribution is -2.41. The highest BCUT2D eigenvalue weighted by molar-refractivity contribution is 5.92. The third kappa shape index (κ3) is 5.10. The van der Waals surface area contributed by atoms with Gasteiger partial charge in [0.2, 0.25) is 0 Å². The Hall–Kier alpha value is -2.04. The molecule has 0 heterocycles. The first-order chi connectivity index (χ1) is 10.1. The van der Waals surface area contributed by atoms with Crippen molar-refractivity contribution in [1.29, 1.82) is 0 Å². The van der Waals surface area contributed by atoms with Crippen molar-refractivity contribution in [2.75, 3.05) is 18.0 Å². The number of carbonyl (C=O) groups excluding carboxylic acids is 1. The molecule has 1 fully saturated rings. The fraction of sp³-hybridized carbons (Fsp3) is 0.500. The predicted molar refractivity (Wildman–Crippen MR) is 81.5 cm³/mol. The third-order valence-electron chi connectivity index (χ3n) is 3.67. The van der Waals surface area contributed by atoms with Gasteiger partial charge in [-0.3, -0.25) is 9.69 Å². The number of amides is 2. The third-order valence-corrected chi connectivity index (χ3v) is 3.67. The number of hydrogen-bond acceptors (Lipinski definition) is 2. The molecule has 0 bridgehead atoms. The summed E-state index contributed by atoms with van der Waals surface area (Å²) < 4.78 is 0. The summed E-state index contributed by atoms with van der Waals surface area (Å²) >= 11 is 0. The van der Waals surface area contributed by atoms with Crippen LogP contribution < -0.4 is 10.2 Å². The minimum atomic E-state index is -0.905. The van der Waals surface area contributed by atoms with Gasteiger partial charge in [-0.15, -0.1) is 0 Å². The number of carbonyl (C=O) groups is 2. The maximum Gasteiger partial charge on any atom is 0.321 e. The van der Waals surface area contributed by atoms with E-state index in [4.69, 9.17) is 5.11 Å². The first-order valence-electron chi connectivity index (χ1n) is 7.40. The van der Waals surface area contributed by atoms with Crippen molar-refractivity contribution in [3.63, 3.8) is 0 Å². The molecule has 1 aliphatic carbocycles. The number of aryl methyl sites for hydroxylation is 1. The number of carboxylic acid groups (broad SMARTS) is 1. The van der Waals surface area contributed by atoms with Gasteiger partial charge in [0, 0.05) is 18.8 Å². The Bertz CT molecular complexity index is 495. The van der Waals surface area contributed by atoms with Crippen LogP contribution in [0.1, 0.15) is 31.2 Å². The molecule has 2 amide bonds. The molecule has 1 aromatic rings. The molecule has 0 radical (unpaired) electrons. The Morgan fingerprint density at radius 3 is 2.52 bits per heavy atom. The maximum absolute atomic E-state index is 12.3. The molecule has 21 heavy (non-hydrogen) atoms. The van der Waals surface area contributed by atoms with Crippen LogP contribution in [0.3, 0.4) is 0 Å². The average Bonchev–Trinajstić information content (AvgIpc) is 3.25. The van der Waals surface area contributed by atoms with Gasteiger partial charge < -0.3 is 10.4 Å². The van der Waals surface area contributed by atoms with Gasteiger partial charge in [-0.05, 0) is 31.4 Å². The van der Waals surface area contributed by atoms with Crippen LogP contribution in [0.5, 0.6) is 0 Å². The standard InChI is InChI=1S/C16H22N2O3/c1-12-2-6-14(7-3-12)18(11-9-15(19)20)16(21)17-10-8-13-4-5-13/h2-3,6-7,13H,4-5,8-11H2,1H3,(H,17,21)(H,19,20). The number of anilines is 1. The van der Waals surface area contributed by atoms with Gasteiger partial charge in [-0.1, -0.05) is 30.5 Å². The van der Waals surface area contributed by atoms with Gasteiger partial charge in [0.05, 0.1) is 6.42 Å². The molecular weight excluding hydrogens is 268 g/mol. The van der Waals surface area contributed by atoms with Gasteiger partial charge in [0.15, 0.2) is 0 Å². The lowest BCUT2D eigenvalue weighted by molar-refractivity contribution is -0.136. The van der Waals surface area contributed by atoms with E-state index in [1.54, 1.807) is 0 Å². The predicted octanol–water partition coefficient (Wildman–Crippen LogP) is 2.79. The Morgan fingerprint density at radius 2 is 1.95 bits per heavy atom. The van der Waals surface area contributed by atoms with Crippen LogP contribution >= 0.6 is 0 Å². The molecule has 1 aliphatic rings. The van der Waals surface area contributed by atoms with Gasteiger partial charge in [0.25, 0.3) is 0 Å². The molecule has 0 spiro atoms. The summed E-state index contributed by atoms with van der Waals surface area (Å²) in [7, 11) is 0. The van der Waals surface area contributed by atoms with Gasteiger partial charge in [0.1, 0.15) is 0 Å². The van der Waals surface area contributed by atoms with Crippen LogP contribution in [-0.2, 0) is 4.79 Å². The summed E-state index contributed by atoms with van der Waals surface area (Å²) in [5.74, 6) is -0.143. The molecule has 0 atom stereocenters. The average molecular weight is 290 g/mol. The number of aliphatic carboxylic acids is 1. The molecule has 0 saturated heterocycles. The van der Waals surface area contributed by atoms with Crippen LogP contribution in [0.4, 0.5) is 10.5 Å². The van der Waals surface area contributed by atoms with E-state index < -0.39 is 5.97 Å². The van der Waals surface area contributed by atoms with Crippen LogP contribution in [0, 0.1) is 12.8 Å². The monoisotopic (exact) mass is 290 g/mol. The summed E-state index contributed by atoms with van der Waals surface area (Å²) in [6, 6.07) is 7.30. The highest BCUT2D eigenvalue weighted by Gasteiger charge is 2.22. The highest BCUT2D eigenvalue weighted by atomic mass is 16.4. The van der Waals surface area contributed by atoms with Crippen molar-refractivity contribution in [3.8, 4) is 0 Å². The second-order valence-corrected chi connectivity index (χ2v) is 5.59. The molecule has 5 heteroatoms. The number of carboxylic acids is 1. The van der Waals surface area contributed by atoms with Crippen LogP contribution in [-0.4, -0.2) is 30.2 Å². The molecule has 114 valence electrons. The van der Waals surface area contributed by atoms with Gasteiger partial charge in [-0.25, -0.2) is 4.79 Å². The normalized spacial score (nSPS) is 13.8. The van der Waals surface area contributed by atoms with E-state index in [0.717, 1.165) is 23.6 Å². The maximum atomic E-state index is 12.3. The molecule has 0 unspecified atom stereocenters. The van der Waals surface area contributed by atoms with Crippen molar-refractivity contribution < 1.29 is 14.7 Å². The largest absolute Gasteiger partial charge is 0.481 e. The highest BCUT2D eigenvalue weighted by Crippen LogP contribution is 2.31. The van der Waals surface area contributed by atoms with Crippen molar-refractivity contribution in [2.24, 2.45) is 5.92 Å². The number of benzene rings is 1. The summed E-state index contributed by atoms with van der Waals surface area (Å²) in [5, 5.41) is 11.7. The number of hydrogen-bond donors (Lipinski definition) is 2. The molecule has 2 N–H and O–H groups in total. The molecule has 0 aliphatic heterocycles. The molecule has 1 saturated carbocycles. The van der Waals surface area contributed by atoms with Crippen molar-refractivity contribution >= 4 is 17.7 Å². The van der Waals surface area contributed by atoms with E-state index in [2.05, 4.69) is 5.32 Å². The smallest absolute Gasteiger partial charge is 0.321 e. The Balaban J connectivity index is 1.97. The topological polar surface area (TPSA) is 69.6 Å². The van der Waals surface area contributed by atoms with E-state index >= 15 is 0 Å². The van der Waals surface area contributed by atoms with E-state index in [-0.39, 0.29) is 19.0 Å². The summed E-state index contributed by atoms with van der Waals surface area (Å²) in [5.41, 5.74) is 1.83. The first-order valence-corrected chi connectivity index (χ1v) is 7.40. The Kier molecular flexibility index (Phi) is 5.20. The molecule has 5 nitrogen and oxygen atoms in total. The summed E-state index contributed by atoms with van der Waals surface area (Å²) in [4.78, 5) is 24.5. The van der Waals surface area contributed by atoms with E-state index in [1.807, 2.05) is 31.2 Å². The summed E-state index contributed by atoms with van der Waals surface area (Å²) in [6.45, 7) is 2.80. The zero-order chi connectivity index (χ0) is 15.2. The SMILES string of the molecule is Cc1ccc(N(CCC(=O)O)C(=O)NCCC2CC2)cc1. The minimum Gasteiger partial charge on any atom is -0.481 e. The molecule has 2 rings (SSSR count). The number of nitrogens with one attached hydrogen (secondary N) is 1. The zero-order valence-electron chi connectivity index (χ0n) is 12.3. The fourth-order valence-electron chi connectivity index (χ4n) is 2.17. The first kappa shape index (κ1) is 15.4. The number of urea groups is 1. The van der Waals surface area contributed by atoms with E-state index in [1.165, 1.54) is 17.7 Å². The Labute approximate surface area is 125 Å². The van der Waals surface area contributed by atoms with Crippen LogP contribution in [0.15, 0.2) is 24.3 Å². The second kappa shape index (κ2) is 7.11. The summed E-state index contributed by atoms with van der Waals surface area (Å²) in [6.07, 6.45) is 3.46. The van der Waals surface area contributed by atoms with Crippen LogP contribution in [0.2, 0.25) is 0 Å². The van der Waals surface area contributed by atoms with Crippen molar-refractivity contribution in [2.45, 2.75) is 32.6 Å². The van der Waals surface area contributed by atoms with Crippen molar-refractivity contribution in [1.82, 2.24) is 5.32 Å². The molecule has 1 aromatic carbocycles. The van der Waals surface area contributed by atoms with Gasteiger partial charge in [-0.2, -0.15) is 0 Å². The van der Waals surface area contributed by atoms with Crippen LogP contribution in [0.25, 0.3) is 0 Å². The van der Waals surface area contributed by atoms with E-state index in [0.29, 0.717) is 6.54 Å². The van der Waals surface area contributed by atoms with E-state index in [9.17, 15) is 9.59 Å². The minimum absolute atomic E-state index is 0.0656. The lowest BCUT2D eigenvalue weighted by atomic mass is 10.2. The number of nitrogens with zero attached hydrogens (tertiary/aromatic N) is 1. The Morgan fingerprint density at radius 1 is 1.29 bits per heavy atom. The lowest BCUT2D eigenvalue weighted by Gasteiger charge is -2.22. The molecule has 0 aromatic heterocycles. The second-order valence-electron chi connectivity index (χ2n) is 5.59. The molecular formula is C16H22N2O3. The van der Waals surface area contributed by atoms with Crippen molar-refractivity contribution in [3.05, 3.63) is 29.8 Å². The zero-order valence-corrected chi connectivity index (χ0v) is 12.3. The fourth-order valence-corrected chi connectivity index (χ4v) is 2.17. The quantitative estimate of drug-likeness (QED) is 0.811. The van der Waals surface area contributed by atoms with Gasteiger partial charge >= 0.3 is 12.0 Å².